The number of nitrogens with one attached hydrogen (secondary N) is 1. The molecular weight excluding hydrogens is 246 g/mol. The summed E-state index contributed by atoms with van der Waals surface area (Å²) < 4.78 is 10.1. The Bertz CT molecular complexity index is 464. The molecule has 1 N–H and O–H groups in total. The van der Waals surface area contributed by atoms with Crippen molar-refractivity contribution in [2.24, 2.45) is 5.92 Å². The standard InChI is InChI=1S/C14H17NO4/c1-2-15-14(17)19-13(16)11-6-3-5-10(9-11)12-7-4-8-18-12/h3-4,6-8,10-11H,2,5,9H2,1H3,(H,15,17). The highest BCUT2D eigenvalue weighted by molar-refractivity contribution is 5.86. The smallest absolute Gasteiger partial charge is 0.414 e. The fourth-order valence-electron chi connectivity index (χ4n) is 2.17. The van der Waals surface area contributed by atoms with Crippen molar-refractivity contribution in [1.82, 2.24) is 5.32 Å². The van der Waals surface area contributed by atoms with Crippen LogP contribution in [0.25, 0.3) is 0 Å². The number of alkyl carbamates (subject to hydrolysis) is 1. The van der Waals surface area contributed by atoms with E-state index in [1.807, 2.05) is 18.2 Å². The molecular formula is C14H17NO4. The topological polar surface area (TPSA) is 68.5 Å². The number of ether oxygens (including phenoxy) is 1. The molecule has 0 spiro atoms. The number of hydrogen-bond donors (Lipinski definition) is 1. The summed E-state index contributed by atoms with van der Waals surface area (Å²) in [6.07, 6.45) is 6.08. The highest BCUT2D eigenvalue weighted by Crippen LogP contribution is 2.32. The normalized spacial score (nSPS) is 21.9. The van der Waals surface area contributed by atoms with E-state index in [9.17, 15) is 9.59 Å². The first kappa shape index (κ1) is 13.4. The average molecular weight is 263 g/mol. The van der Waals surface area contributed by atoms with Gasteiger partial charge in [-0.1, -0.05) is 12.2 Å². The fourth-order valence-corrected chi connectivity index (χ4v) is 2.17. The van der Waals surface area contributed by atoms with E-state index in [2.05, 4.69) is 5.32 Å². The molecule has 19 heavy (non-hydrogen) atoms. The van der Waals surface area contributed by atoms with Crippen LogP contribution in [0.5, 0.6) is 0 Å². The van der Waals surface area contributed by atoms with E-state index in [1.54, 1.807) is 19.3 Å². The van der Waals surface area contributed by atoms with Crippen molar-refractivity contribution in [3.8, 4) is 0 Å². The van der Waals surface area contributed by atoms with E-state index in [0.29, 0.717) is 13.0 Å². The van der Waals surface area contributed by atoms with Crippen LogP contribution in [0, 0.1) is 5.92 Å². The molecule has 2 atom stereocenters. The molecule has 1 aromatic heterocycles. The van der Waals surface area contributed by atoms with Crippen LogP contribution in [-0.4, -0.2) is 18.6 Å². The first-order valence-electron chi connectivity index (χ1n) is 6.40. The Labute approximate surface area is 111 Å². The maximum atomic E-state index is 11.8. The first-order valence-corrected chi connectivity index (χ1v) is 6.40. The number of amides is 1. The molecule has 2 rings (SSSR count). The molecule has 1 aromatic rings. The molecule has 5 nitrogen and oxygen atoms in total. The second-order valence-electron chi connectivity index (χ2n) is 4.46. The van der Waals surface area contributed by atoms with Crippen molar-refractivity contribution in [2.45, 2.75) is 25.7 Å². The number of furan rings is 1. The molecule has 0 aromatic carbocycles. The molecule has 1 heterocycles. The van der Waals surface area contributed by atoms with Crippen molar-refractivity contribution in [1.29, 1.82) is 0 Å². The molecule has 102 valence electrons. The van der Waals surface area contributed by atoms with Crippen molar-refractivity contribution in [2.75, 3.05) is 6.54 Å². The summed E-state index contributed by atoms with van der Waals surface area (Å²) >= 11 is 0. The summed E-state index contributed by atoms with van der Waals surface area (Å²) in [4.78, 5) is 23.0. The number of hydrogen-bond acceptors (Lipinski definition) is 4. The minimum absolute atomic E-state index is 0.159. The van der Waals surface area contributed by atoms with Gasteiger partial charge in [-0.3, -0.25) is 4.79 Å². The molecule has 0 radical (unpaired) electrons. The fraction of sp³-hybridized carbons (Fsp3) is 0.429. The molecule has 1 amide bonds. The van der Waals surface area contributed by atoms with Gasteiger partial charge < -0.3 is 14.5 Å². The van der Waals surface area contributed by atoms with Gasteiger partial charge >= 0.3 is 12.1 Å². The number of carbonyl (C=O) groups is 2. The van der Waals surface area contributed by atoms with Gasteiger partial charge in [0.2, 0.25) is 0 Å². The number of rotatable bonds is 3. The van der Waals surface area contributed by atoms with E-state index in [4.69, 9.17) is 9.15 Å². The lowest BCUT2D eigenvalue weighted by molar-refractivity contribution is -0.140. The highest BCUT2D eigenvalue weighted by Gasteiger charge is 2.28. The zero-order chi connectivity index (χ0) is 13.7. The second-order valence-corrected chi connectivity index (χ2v) is 4.46. The van der Waals surface area contributed by atoms with E-state index >= 15 is 0 Å². The summed E-state index contributed by atoms with van der Waals surface area (Å²) in [6.45, 7) is 2.20. The third kappa shape index (κ3) is 3.47. The Balaban J connectivity index is 1.94. The van der Waals surface area contributed by atoms with Crippen LogP contribution in [0.1, 0.15) is 31.4 Å². The van der Waals surface area contributed by atoms with Crippen LogP contribution in [0.3, 0.4) is 0 Å². The van der Waals surface area contributed by atoms with E-state index in [0.717, 1.165) is 12.2 Å². The van der Waals surface area contributed by atoms with Crippen LogP contribution in [-0.2, 0) is 9.53 Å². The van der Waals surface area contributed by atoms with Crippen molar-refractivity contribution < 1.29 is 18.7 Å². The second kappa shape index (κ2) is 6.22. The Kier molecular flexibility index (Phi) is 4.39. The Morgan fingerprint density at radius 2 is 2.37 bits per heavy atom. The van der Waals surface area contributed by atoms with Gasteiger partial charge in [0, 0.05) is 12.5 Å². The summed E-state index contributed by atoms with van der Waals surface area (Å²) in [7, 11) is 0. The van der Waals surface area contributed by atoms with Crippen LogP contribution in [0.15, 0.2) is 35.0 Å². The van der Waals surface area contributed by atoms with Gasteiger partial charge in [-0.15, -0.1) is 0 Å². The van der Waals surface area contributed by atoms with Gasteiger partial charge in [0.15, 0.2) is 0 Å². The molecule has 0 fully saturated rings. The minimum Gasteiger partial charge on any atom is -0.469 e. The number of carbonyl (C=O) groups excluding carboxylic acids is 2. The van der Waals surface area contributed by atoms with Gasteiger partial charge in [-0.05, 0) is 31.9 Å². The molecule has 0 aliphatic heterocycles. The van der Waals surface area contributed by atoms with Crippen LogP contribution in [0.2, 0.25) is 0 Å². The molecule has 5 heteroatoms. The predicted molar refractivity (Wildman–Crippen MR) is 68.5 cm³/mol. The van der Waals surface area contributed by atoms with Crippen molar-refractivity contribution >= 4 is 12.1 Å². The largest absolute Gasteiger partial charge is 0.469 e. The van der Waals surface area contributed by atoms with Gasteiger partial charge in [-0.25, -0.2) is 4.79 Å². The zero-order valence-electron chi connectivity index (χ0n) is 10.8. The number of allylic oxidation sites excluding steroid dienone is 1. The third-order valence-corrected chi connectivity index (χ3v) is 3.09. The molecule has 2 unspecified atom stereocenters. The lowest BCUT2D eigenvalue weighted by Gasteiger charge is -2.21. The Morgan fingerprint density at radius 3 is 3.05 bits per heavy atom. The summed E-state index contributed by atoms with van der Waals surface area (Å²) in [5.74, 6) is 0.108. The minimum atomic E-state index is -0.693. The number of esters is 1. The summed E-state index contributed by atoms with van der Waals surface area (Å²) in [5, 5.41) is 2.43. The first-order chi connectivity index (χ1) is 9.20. The third-order valence-electron chi connectivity index (χ3n) is 3.09. The molecule has 0 bridgehead atoms. The van der Waals surface area contributed by atoms with E-state index < -0.39 is 18.0 Å². The SMILES string of the molecule is CCNC(=O)OC(=O)C1C=CCC(c2ccco2)C1. The van der Waals surface area contributed by atoms with E-state index in [1.165, 1.54) is 0 Å². The lowest BCUT2D eigenvalue weighted by atomic mass is 9.85. The maximum absolute atomic E-state index is 11.8. The lowest BCUT2D eigenvalue weighted by Crippen LogP contribution is -2.30. The van der Waals surface area contributed by atoms with Crippen molar-refractivity contribution in [3.63, 3.8) is 0 Å². The van der Waals surface area contributed by atoms with Crippen LogP contribution >= 0.6 is 0 Å². The summed E-state index contributed by atoms with van der Waals surface area (Å²) in [5.41, 5.74) is 0. The van der Waals surface area contributed by atoms with Crippen LogP contribution < -0.4 is 5.32 Å². The van der Waals surface area contributed by atoms with Crippen molar-refractivity contribution in [3.05, 3.63) is 36.3 Å². The maximum Gasteiger partial charge on any atom is 0.414 e. The molecule has 1 aliphatic rings. The quantitative estimate of drug-likeness (QED) is 0.517. The molecule has 0 saturated heterocycles. The van der Waals surface area contributed by atoms with Gasteiger partial charge in [-0.2, -0.15) is 0 Å². The van der Waals surface area contributed by atoms with Crippen LogP contribution in [0.4, 0.5) is 4.79 Å². The van der Waals surface area contributed by atoms with E-state index in [-0.39, 0.29) is 5.92 Å². The highest BCUT2D eigenvalue weighted by atomic mass is 16.6. The van der Waals surface area contributed by atoms with Gasteiger partial charge in [0.1, 0.15) is 5.76 Å². The van der Waals surface area contributed by atoms with Gasteiger partial charge in [0.05, 0.1) is 12.2 Å². The predicted octanol–water partition coefficient (Wildman–Crippen LogP) is 2.60. The average Bonchev–Trinajstić information content (AvgIpc) is 2.93. The zero-order valence-corrected chi connectivity index (χ0v) is 10.8. The Morgan fingerprint density at radius 1 is 1.53 bits per heavy atom. The summed E-state index contributed by atoms with van der Waals surface area (Å²) in [6, 6.07) is 3.73. The monoisotopic (exact) mass is 263 g/mol. The molecule has 0 saturated carbocycles. The van der Waals surface area contributed by atoms with Gasteiger partial charge in [0.25, 0.3) is 0 Å². The molecule has 1 aliphatic carbocycles. The Hall–Kier alpha value is -2.04.